The largest absolute Gasteiger partial charge is 0.454 e. The van der Waals surface area contributed by atoms with Crippen LogP contribution in [0.1, 0.15) is 72.4 Å². The van der Waals surface area contributed by atoms with Crippen LogP contribution in [0.5, 0.6) is 23.0 Å². The minimum absolute atomic E-state index is 0.0141. The Morgan fingerprint density at radius 1 is 0.561 bits per heavy atom. The summed E-state index contributed by atoms with van der Waals surface area (Å²) in [6.45, 7) is 6.97. The molecule has 0 bridgehead atoms. The number of amides is 2. The molecule has 0 saturated heterocycles. The number of ether oxygens (including phenoxy) is 4. The number of carbonyl (C=O) groups excluding carboxylic acids is 2. The van der Waals surface area contributed by atoms with Crippen LogP contribution >= 0.6 is 0 Å². The summed E-state index contributed by atoms with van der Waals surface area (Å²) in [5.74, 6) is 3.27. The smallest absolute Gasteiger partial charge is 0.235 e. The molecule has 4 aliphatic rings. The van der Waals surface area contributed by atoms with Crippen molar-refractivity contribution in [3.8, 4) is 45.3 Å². The van der Waals surface area contributed by atoms with E-state index in [9.17, 15) is 18.0 Å². The number of nitrogens with one attached hydrogen (secondary N) is 2. The molecule has 2 aliphatic carbocycles. The van der Waals surface area contributed by atoms with Gasteiger partial charge in [0.05, 0.1) is 16.6 Å². The summed E-state index contributed by atoms with van der Waals surface area (Å²) in [6.07, 6.45) is 4.42. The lowest BCUT2D eigenvalue weighted by Crippen LogP contribution is -2.27. The Kier molecular flexibility index (Phi) is 12.4. The Morgan fingerprint density at radius 2 is 1.00 bits per heavy atom. The Balaban J connectivity index is 0.000000169. The van der Waals surface area contributed by atoms with Crippen molar-refractivity contribution in [1.82, 2.24) is 0 Å². The van der Waals surface area contributed by atoms with Gasteiger partial charge >= 0.3 is 0 Å². The summed E-state index contributed by atoms with van der Waals surface area (Å²) >= 11 is 0. The molecule has 2 amide bonds. The molecule has 10 rings (SSSR count). The van der Waals surface area contributed by atoms with Crippen LogP contribution in [0.25, 0.3) is 22.3 Å². The summed E-state index contributed by atoms with van der Waals surface area (Å²) in [7, 11) is -3.00. The van der Waals surface area contributed by atoms with E-state index in [2.05, 4.69) is 29.7 Å². The van der Waals surface area contributed by atoms with E-state index >= 15 is 0 Å². The first-order valence-corrected chi connectivity index (χ1v) is 24.4. The van der Waals surface area contributed by atoms with E-state index in [1.54, 1.807) is 0 Å². The van der Waals surface area contributed by atoms with Crippen molar-refractivity contribution in [2.45, 2.75) is 76.7 Å². The third-order valence-corrected chi connectivity index (χ3v) is 15.0. The molecule has 0 atom stereocenters. The second-order valence-electron chi connectivity index (χ2n) is 17.8. The van der Waals surface area contributed by atoms with Crippen molar-refractivity contribution >= 4 is 33.0 Å². The van der Waals surface area contributed by atoms with E-state index in [4.69, 9.17) is 24.7 Å². The van der Waals surface area contributed by atoms with Gasteiger partial charge in [-0.15, -0.1) is 0 Å². The van der Waals surface area contributed by atoms with Gasteiger partial charge in [-0.25, -0.2) is 8.42 Å². The fourth-order valence-electron chi connectivity index (χ4n) is 8.81. The Morgan fingerprint density at radius 3 is 1.42 bits per heavy atom. The number of nitrogens with two attached hydrogens (primary N) is 1. The molecular weight excluding hydrogens is 851 g/mol. The van der Waals surface area contributed by atoms with Crippen LogP contribution < -0.4 is 35.3 Å². The van der Waals surface area contributed by atoms with Gasteiger partial charge in [-0.3, -0.25) is 9.59 Å². The predicted octanol–water partition coefficient (Wildman–Crippen LogP) is 9.95. The molecule has 340 valence electrons. The molecule has 6 aromatic rings. The Hall–Kier alpha value is -6.63. The number of rotatable bonds is 14. The van der Waals surface area contributed by atoms with E-state index in [0.29, 0.717) is 36.6 Å². The number of hydrogen-bond donors (Lipinski definition) is 3. The van der Waals surface area contributed by atoms with Gasteiger partial charge in [-0.2, -0.15) is 0 Å². The molecule has 66 heavy (non-hydrogen) atoms. The van der Waals surface area contributed by atoms with Gasteiger partial charge < -0.3 is 35.3 Å². The van der Waals surface area contributed by atoms with E-state index in [1.165, 1.54) is 0 Å². The van der Waals surface area contributed by atoms with Gasteiger partial charge in [0, 0.05) is 23.7 Å². The fraction of sp³-hybridized carbons (Fsp3) is 0.296. The topological polar surface area (TPSA) is 155 Å². The van der Waals surface area contributed by atoms with Crippen LogP contribution in [-0.4, -0.2) is 45.3 Å². The average molecular weight is 906 g/mol. The van der Waals surface area contributed by atoms with Crippen LogP contribution in [0.4, 0.5) is 11.4 Å². The minimum atomic E-state index is -3.00. The number of hydrogen-bond acceptors (Lipinski definition) is 9. The molecule has 11 nitrogen and oxygen atoms in total. The third-order valence-electron chi connectivity index (χ3n) is 13.2. The van der Waals surface area contributed by atoms with Crippen LogP contribution in [0.15, 0.2) is 121 Å². The van der Waals surface area contributed by atoms with E-state index in [0.717, 1.165) is 98.4 Å². The standard InChI is InChI=1S/C29H31NO5S.C25H24N2O3/c1-3-15-36(32,33)16-12-21-5-7-22(8-6-21)25-18-24(10-4-20(25)2)30-28(31)29(13-14-29)23-9-11-26-27(17-23)35-19-34-26;1-16-2-8-20(13-21(16)18-5-3-17(14-26)4-6-18)27-24(28)25(10-11-25)19-7-9-22-23(12-19)30-15-29-22/h4-11,17-18H,3,12-16,19H2,1-2H3,(H,30,31);2-9,12-13H,10-11,14-15,26H2,1H3,(H,27,28). The third kappa shape index (κ3) is 9.39. The van der Waals surface area contributed by atoms with Crippen LogP contribution in [0.2, 0.25) is 0 Å². The van der Waals surface area contributed by atoms with E-state index < -0.39 is 20.7 Å². The predicted molar refractivity (Wildman–Crippen MR) is 258 cm³/mol. The second-order valence-corrected chi connectivity index (χ2v) is 20.1. The summed E-state index contributed by atoms with van der Waals surface area (Å²) in [6, 6.07) is 39.8. The molecule has 0 aromatic heterocycles. The maximum Gasteiger partial charge on any atom is 0.235 e. The molecule has 2 aliphatic heterocycles. The number of carbonyl (C=O) groups is 2. The molecule has 0 unspecified atom stereocenters. The first-order chi connectivity index (χ1) is 31.9. The molecule has 12 heteroatoms. The molecule has 0 spiro atoms. The highest BCUT2D eigenvalue weighted by molar-refractivity contribution is 7.91. The highest BCUT2D eigenvalue weighted by atomic mass is 32.2. The highest BCUT2D eigenvalue weighted by Crippen LogP contribution is 2.52. The van der Waals surface area contributed by atoms with Crippen LogP contribution in [0.3, 0.4) is 0 Å². The monoisotopic (exact) mass is 905 g/mol. The maximum absolute atomic E-state index is 13.3. The molecule has 0 radical (unpaired) electrons. The summed E-state index contributed by atoms with van der Waals surface area (Å²) in [5.41, 5.74) is 16.8. The van der Waals surface area contributed by atoms with E-state index in [1.807, 2.05) is 123 Å². The van der Waals surface area contributed by atoms with Gasteiger partial charge in [0.25, 0.3) is 0 Å². The van der Waals surface area contributed by atoms with E-state index in [-0.39, 0.29) is 36.9 Å². The quantitative estimate of drug-likeness (QED) is 0.0969. The SMILES string of the molecule is CCCS(=O)(=O)CCc1ccc(-c2cc(NC(=O)C3(c4ccc5c(c4)OCO5)CC3)ccc2C)cc1.Cc1ccc(NC(=O)C2(c3ccc4c(c3)OCO4)CC2)cc1-c1ccc(CN)cc1. The normalized spacial score (nSPS) is 15.6. The van der Waals surface area contributed by atoms with Crippen molar-refractivity contribution in [1.29, 1.82) is 0 Å². The Labute approximate surface area is 386 Å². The zero-order chi connectivity index (χ0) is 46.1. The molecule has 6 aromatic carbocycles. The number of fused-ring (bicyclic) bond motifs is 2. The summed E-state index contributed by atoms with van der Waals surface area (Å²) < 4.78 is 45.9. The number of anilines is 2. The molecule has 4 N–H and O–H groups in total. The van der Waals surface area contributed by atoms with Gasteiger partial charge in [-0.1, -0.05) is 79.7 Å². The average Bonchev–Trinajstić information content (AvgIpc) is 4.22. The molecule has 2 saturated carbocycles. The van der Waals surface area contributed by atoms with Crippen LogP contribution in [-0.2, 0) is 43.2 Å². The summed E-state index contributed by atoms with van der Waals surface area (Å²) in [5, 5.41) is 6.27. The number of sulfone groups is 1. The second kappa shape index (κ2) is 18.3. The van der Waals surface area contributed by atoms with Gasteiger partial charge in [0.2, 0.25) is 25.4 Å². The van der Waals surface area contributed by atoms with Crippen LogP contribution in [0, 0.1) is 13.8 Å². The molecule has 2 fully saturated rings. The van der Waals surface area contributed by atoms with Crippen molar-refractivity contribution in [3.05, 3.63) is 155 Å². The van der Waals surface area contributed by atoms with Gasteiger partial charge in [-0.05, 0) is 157 Å². The van der Waals surface area contributed by atoms with Gasteiger partial charge in [0.1, 0.15) is 0 Å². The number of benzene rings is 6. The fourth-order valence-corrected chi connectivity index (χ4v) is 10.2. The van der Waals surface area contributed by atoms with Crippen molar-refractivity contribution < 1.29 is 37.0 Å². The zero-order valence-electron chi connectivity index (χ0n) is 37.6. The maximum atomic E-state index is 13.3. The lowest BCUT2D eigenvalue weighted by molar-refractivity contribution is -0.119. The molecular formula is C54H55N3O8S. The van der Waals surface area contributed by atoms with Crippen molar-refractivity contribution in [2.24, 2.45) is 5.73 Å². The number of aryl methyl sites for hydroxylation is 3. The first kappa shape index (κ1) is 44.6. The van der Waals surface area contributed by atoms with Crippen molar-refractivity contribution in [2.75, 3.05) is 35.7 Å². The minimum Gasteiger partial charge on any atom is -0.454 e. The molecule has 2 heterocycles. The van der Waals surface area contributed by atoms with Crippen molar-refractivity contribution in [3.63, 3.8) is 0 Å². The lowest BCUT2D eigenvalue weighted by atomic mass is 9.94. The Bertz CT molecular complexity index is 2910. The highest BCUT2D eigenvalue weighted by Gasteiger charge is 2.52. The zero-order valence-corrected chi connectivity index (χ0v) is 38.4. The lowest BCUT2D eigenvalue weighted by Gasteiger charge is -2.17. The first-order valence-electron chi connectivity index (χ1n) is 22.6. The van der Waals surface area contributed by atoms with Gasteiger partial charge in [0.15, 0.2) is 32.8 Å². The summed E-state index contributed by atoms with van der Waals surface area (Å²) in [4.78, 5) is 26.6.